The number of nitrogens with zero attached hydrogens (tertiary/aromatic N) is 3. The van der Waals surface area contributed by atoms with Crippen molar-refractivity contribution in [2.75, 3.05) is 33.8 Å². The molecule has 34 heavy (non-hydrogen) atoms. The number of aromatic nitrogens is 3. The Hall–Kier alpha value is -4.01. The number of allylic oxidation sites excluding steroid dienone is 2. The molecule has 9 nitrogen and oxygen atoms in total. The van der Waals surface area contributed by atoms with Crippen LogP contribution in [0.5, 0.6) is 23.0 Å². The Morgan fingerprint density at radius 2 is 1.56 bits per heavy atom. The molecule has 2 aliphatic rings. The van der Waals surface area contributed by atoms with Crippen molar-refractivity contribution in [1.82, 2.24) is 14.8 Å². The number of nitrogens with one attached hydrogen (secondary N) is 1. The van der Waals surface area contributed by atoms with Crippen LogP contribution in [0.25, 0.3) is 11.4 Å². The van der Waals surface area contributed by atoms with Crippen LogP contribution in [0.3, 0.4) is 0 Å². The number of rotatable bonds is 6. The van der Waals surface area contributed by atoms with E-state index in [1.807, 2.05) is 36.4 Å². The van der Waals surface area contributed by atoms with Gasteiger partial charge in [0.15, 0.2) is 34.6 Å². The van der Waals surface area contributed by atoms with E-state index in [0.717, 1.165) is 35.2 Å². The number of ether oxygens (including phenoxy) is 4. The first-order valence-electron chi connectivity index (χ1n) is 11.0. The summed E-state index contributed by atoms with van der Waals surface area (Å²) in [7, 11) is 6.37. The lowest BCUT2D eigenvalue weighted by molar-refractivity contribution is -0.116. The second-order valence-electron chi connectivity index (χ2n) is 8.08. The molecule has 0 spiro atoms. The molecule has 2 heterocycles. The van der Waals surface area contributed by atoms with Gasteiger partial charge in [-0.05, 0) is 48.7 Å². The van der Waals surface area contributed by atoms with Gasteiger partial charge in [0, 0.05) is 23.3 Å². The fraction of sp³-hybridized carbons (Fsp3) is 0.320. The van der Waals surface area contributed by atoms with Crippen LogP contribution in [0.1, 0.15) is 30.9 Å². The Labute approximate surface area is 197 Å². The summed E-state index contributed by atoms with van der Waals surface area (Å²) in [5.74, 6) is 3.63. The number of carbonyl (C=O) groups excluding carboxylic acids is 1. The number of methoxy groups -OCH3 is 4. The highest BCUT2D eigenvalue weighted by Crippen LogP contribution is 2.43. The van der Waals surface area contributed by atoms with E-state index in [4.69, 9.17) is 29.0 Å². The van der Waals surface area contributed by atoms with Gasteiger partial charge in [-0.3, -0.25) is 4.79 Å². The van der Waals surface area contributed by atoms with Crippen LogP contribution >= 0.6 is 0 Å². The molecule has 1 N–H and O–H groups in total. The zero-order chi connectivity index (χ0) is 23.8. The standard InChI is InChI=1S/C25H26N4O5/c1-31-18-10-8-14(12-20(18)33-3)23-22-16(6-5-7-17(22)30)26-25-27-24(28-29(23)25)15-9-11-19(32-2)21(13-15)34-4/h8-13,23H,5-7H2,1-4H3,(H,26,27,28)/t23-/m1/s1. The maximum absolute atomic E-state index is 13.1. The van der Waals surface area contributed by atoms with E-state index >= 15 is 0 Å². The highest BCUT2D eigenvalue weighted by Gasteiger charge is 2.37. The van der Waals surface area contributed by atoms with Crippen molar-refractivity contribution in [3.63, 3.8) is 0 Å². The van der Waals surface area contributed by atoms with Crippen molar-refractivity contribution >= 4 is 11.7 Å². The first kappa shape index (κ1) is 21.8. The summed E-state index contributed by atoms with van der Waals surface area (Å²) in [6, 6.07) is 10.8. The van der Waals surface area contributed by atoms with E-state index in [1.165, 1.54) is 0 Å². The average molecular weight is 463 g/mol. The molecule has 0 unspecified atom stereocenters. The van der Waals surface area contributed by atoms with E-state index < -0.39 is 6.04 Å². The minimum absolute atomic E-state index is 0.113. The third-order valence-electron chi connectivity index (χ3n) is 6.23. The first-order valence-corrected chi connectivity index (χ1v) is 11.0. The number of ketones is 1. The Balaban J connectivity index is 1.65. The third kappa shape index (κ3) is 3.53. The second-order valence-corrected chi connectivity index (χ2v) is 8.08. The molecule has 0 amide bonds. The zero-order valence-corrected chi connectivity index (χ0v) is 19.5. The molecule has 2 aromatic carbocycles. The number of carbonyl (C=O) groups is 1. The minimum atomic E-state index is -0.430. The summed E-state index contributed by atoms with van der Waals surface area (Å²) in [6.45, 7) is 0. The van der Waals surface area contributed by atoms with E-state index in [1.54, 1.807) is 33.1 Å². The van der Waals surface area contributed by atoms with E-state index in [0.29, 0.717) is 41.2 Å². The van der Waals surface area contributed by atoms with Crippen molar-refractivity contribution < 1.29 is 23.7 Å². The predicted molar refractivity (Wildman–Crippen MR) is 126 cm³/mol. The van der Waals surface area contributed by atoms with Gasteiger partial charge in [0.25, 0.3) is 0 Å². The molecule has 1 atom stereocenters. The van der Waals surface area contributed by atoms with Crippen LogP contribution in [-0.2, 0) is 4.79 Å². The van der Waals surface area contributed by atoms with Gasteiger partial charge in [0.2, 0.25) is 5.95 Å². The lowest BCUT2D eigenvalue weighted by Crippen LogP contribution is -2.31. The summed E-state index contributed by atoms with van der Waals surface area (Å²) in [5.41, 5.74) is 3.26. The van der Waals surface area contributed by atoms with Crippen LogP contribution in [0.4, 0.5) is 5.95 Å². The summed E-state index contributed by atoms with van der Waals surface area (Å²) in [4.78, 5) is 17.8. The summed E-state index contributed by atoms with van der Waals surface area (Å²) in [6.07, 6.45) is 2.10. The maximum atomic E-state index is 13.1. The maximum Gasteiger partial charge on any atom is 0.226 e. The molecule has 9 heteroatoms. The lowest BCUT2D eigenvalue weighted by Gasteiger charge is -2.32. The zero-order valence-electron chi connectivity index (χ0n) is 19.5. The fourth-order valence-corrected chi connectivity index (χ4v) is 4.58. The molecule has 0 fully saturated rings. The van der Waals surface area contributed by atoms with Crippen molar-refractivity contribution in [2.24, 2.45) is 0 Å². The van der Waals surface area contributed by atoms with Gasteiger partial charge in [-0.15, -0.1) is 5.10 Å². The van der Waals surface area contributed by atoms with Crippen LogP contribution in [0, 0.1) is 0 Å². The highest BCUT2D eigenvalue weighted by molar-refractivity contribution is 5.99. The molecule has 3 aromatic rings. The summed E-state index contributed by atoms with van der Waals surface area (Å²) < 4.78 is 23.5. The van der Waals surface area contributed by atoms with Crippen LogP contribution < -0.4 is 24.3 Å². The quantitative estimate of drug-likeness (QED) is 0.587. The summed E-state index contributed by atoms with van der Waals surface area (Å²) in [5, 5.41) is 8.18. The Bertz CT molecular complexity index is 1300. The number of fused-ring (bicyclic) bond motifs is 1. The fourth-order valence-electron chi connectivity index (χ4n) is 4.58. The molecule has 0 saturated carbocycles. The number of benzene rings is 2. The SMILES string of the molecule is COc1ccc(-c2nc3n(n2)[C@H](c2ccc(OC)c(OC)c2)C2=C(CCCC2=O)N3)cc1OC. The first-order chi connectivity index (χ1) is 16.6. The number of anilines is 1. The lowest BCUT2D eigenvalue weighted by atomic mass is 9.85. The van der Waals surface area contributed by atoms with Crippen LogP contribution in [0.2, 0.25) is 0 Å². The largest absolute Gasteiger partial charge is 0.493 e. The molecule has 1 aliphatic heterocycles. The van der Waals surface area contributed by atoms with Gasteiger partial charge in [-0.25, -0.2) is 4.68 Å². The minimum Gasteiger partial charge on any atom is -0.493 e. The molecule has 0 radical (unpaired) electrons. The number of hydrogen-bond donors (Lipinski definition) is 1. The molecule has 0 saturated heterocycles. The molecule has 5 rings (SSSR count). The van der Waals surface area contributed by atoms with Crippen molar-refractivity contribution in [1.29, 1.82) is 0 Å². The number of hydrogen-bond acceptors (Lipinski definition) is 8. The Morgan fingerprint density at radius 1 is 0.882 bits per heavy atom. The van der Waals surface area contributed by atoms with Gasteiger partial charge < -0.3 is 24.3 Å². The van der Waals surface area contributed by atoms with Gasteiger partial charge in [0.05, 0.1) is 28.4 Å². The van der Waals surface area contributed by atoms with Gasteiger partial charge in [-0.1, -0.05) is 6.07 Å². The van der Waals surface area contributed by atoms with Gasteiger partial charge in [0.1, 0.15) is 6.04 Å². The highest BCUT2D eigenvalue weighted by atomic mass is 16.5. The average Bonchev–Trinajstić information content (AvgIpc) is 3.30. The topological polar surface area (TPSA) is 96.7 Å². The van der Waals surface area contributed by atoms with Gasteiger partial charge in [-0.2, -0.15) is 4.98 Å². The Kier molecular flexibility index (Phi) is 5.61. The molecule has 176 valence electrons. The Morgan fingerprint density at radius 3 is 2.26 bits per heavy atom. The van der Waals surface area contributed by atoms with Crippen molar-refractivity contribution in [3.8, 4) is 34.4 Å². The van der Waals surface area contributed by atoms with E-state index in [9.17, 15) is 4.79 Å². The van der Waals surface area contributed by atoms with Crippen LogP contribution in [0.15, 0.2) is 47.7 Å². The number of Topliss-reactive ketones (excluding diaryl/α,β-unsaturated/α-hetero) is 1. The molecule has 1 aliphatic carbocycles. The molecular formula is C25H26N4O5. The predicted octanol–water partition coefficient (Wildman–Crippen LogP) is 4.00. The molecule has 1 aromatic heterocycles. The smallest absolute Gasteiger partial charge is 0.226 e. The molecule has 0 bridgehead atoms. The monoisotopic (exact) mass is 462 g/mol. The van der Waals surface area contributed by atoms with E-state index in [2.05, 4.69) is 5.32 Å². The van der Waals surface area contributed by atoms with E-state index in [-0.39, 0.29) is 5.78 Å². The summed E-state index contributed by atoms with van der Waals surface area (Å²) >= 11 is 0. The van der Waals surface area contributed by atoms with Crippen molar-refractivity contribution in [3.05, 3.63) is 53.2 Å². The van der Waals surface area contributed by atoms with Gasteiger partial charge >= 0.3 is 0 Å². The van der Waals surface area contributed by atoms with Crippen molar-refractivity contribution in [2.45, 2.75) is 25.3 Å². The second kappa shape index (κ2) is 8.74. The third-order valence-corrected chi connectivity index (χ3v) is 6.23. The normalized spacial score (nSPS) is 16.9. The van der Waals surface area contributed by atoms with Crippen LogP contribution in [-0.4, -0.2) is 49.0 Å². The molecular weight excluding hydrogens is 436 g/mol.